The molecule has 1 aromatic carbocycles. The minimum Gasteiger partial charge on any atom is -0.494 e. The summed E-state index contributed by atoms with van der Waals surface area (Å²) in [4.78, 5) is 0. The molecule has 0 fully saturated rings. The van der Waals surface area contributed by atoms with E-state index >= 15 is 0 Å². The minimum absolute atomic E-state index is 0.349. The standard InChI is InChI=1S/C10H16BNO3/c1-2-3-4-15-10-6-8(11(13)14)5-9(12)7-10/h5-7,13-14H,2-4,12H2,1H3. The van der Waals surface area contributed by atoms with Gasteiger partial charge in [0.25, 0.3) is 0 Å². The van der Waals surface area contributed by atoms with Crippen molar-refractivity contribution in [3.05, 3.63) is 18.2 Å². The molecule has 1 aromatic rings. The van der Waals surface area contributed by atoms with Crippen molar-refractivity contribution >= 4 is 18.3 Å². The molecule has 1 rings (SSSR count). The number of unbranched alkanes of at least 4 members (excludes halogenated alkanes) is 1. The first kappa shape index (κ1) is 11.9. The van der Waals surface area contributed by atoms with Crippen molar-refractivity contribution < 1.29 is 14.8 Å². The first-order valence-electron chi connectivity index (χ1n) is 5.03. The topological polar surface area (TPSA) is 75.7 Å². The predicted molar refractivity (Wildman–Crippen MR) is 61.1 cm³/mol. The van der Waals surface area contributed by atoms with Crippen LogP contribution in [0.1, 0.15) is 19.8 Å². The zero-order chi connectivity index (χ0) is 11.3. The summed E-state index contributed by atoms with van der Waals surface area (Å²) in [6.07, 6.45) is 2.02. The van der Waals surface area contributed by atoms with E-state index in [-0.39, 0.29) is 0 Å². The molecule has 0 saturated heterocycles. The smallest absolute Gasteiger partial charge is 0.488 e. The van der Waals surface area contributed by atoms with Gasteiger partial charge in [-0.2, -0.15) is 0 Å². The summed E-state index contributed by atoms with van der Waals surface area (Å²) in [5.74, 6) is 0.576. The lowest BCUT2D eigenvalue weighted by Crippen LogP contribution is -2.30. The molecule has 5 heteroatoms. The molecule has 0 radical (unpaired) electrons. The lowest BCUT2D eigenvalue weighted by molar-refractivity contribution is 0.309. The van der Waals surface area contributed by atoms with Gasteiger partial charge in [0.15, 0.2) is 0 Å². The molecule has 0 aliphatic heterocycles. The van der Waals surface area contributed by atoms with Gasteiger partial charge in [0, 0.05) is 11.8 Å². The van der Waals surface area contributed by atoms with E-state index in [1.54, 1.807) is 12.1 Å². The zero-order valence-electron chi connectivity index (χ0n) is 8.81. The zero-order valence-corrected chi connectivity index (χ0v) is 8.81. The molecule has 0 amide bonds. The predicted octanol–water partition coefficient (Wildman–Crippen LogP) is 0.127. The van der Waals surface area contributed by atoms with Gasteiger partial charge in [-0.3, -0.25) is 0 Å². The van der Waals surface area contributed by atoms with Crippen LogP contribution in [0.15, 0.2) is 18.2 Å². The maximum Gasteiger partial charge on any atom is 0.488 e. The Balaban J connectivity index is 2.71. The molecular formula is C10H16BNO3. The van der Waals surface area contributed by atoms with Gasteiger partial charge < -0.3 is 20.5 Å². The fourth-order valence-corrected chi connectivity index (χ4v) is 1.21. The summed E-state index contributed by atoms with van der Waals surface area (Å²) in [5.41, 5.74) is 6.41. The maximum atomic E-state index is 8.99. The van der Waals surface area contributed by atoms with Gasteiger partial charge in [-0.15, -0.1) is 0 Å². The Hall–Kier alpha value is -1.20. The first-order valence-corrected chi connectivity index (χ1v) is 5.03. The molecule has 4 N–H and O–H groups in total. The molecule has 15 heavy (non-hydrogen) atoms. The number of nitrogen functional groups attached to an aromatic ring is 1. The van der Waals surface area contributed by atoms with E-state index in [9.17, 15) is 0 Å². The van der Waals surface area contributed by atoms with Crippen molar-refractivity contribution in [2.24, 2.45) is 0 Å². The van der Waals surface area contributed by atoms with Gasteiger partial charge in [-0.25, -0.2) is 0 Å². The van der Waals surface area contributed by atoms with Crippen LogP contribution in [0.25, 0.3) is 0 Å². The number of hydrogen-bond donors (Lipinski definition) is 3. The van der Waals surface area contributed by atoms with E-state index in [1.807, 2.05) is 0 Å². The molecule has 4 nitrogen and oxygen atoms in total. The molecule has 0 saturated carbocycles. The second-order valence-corrected chi connectivity index (χ2v) is 3.41. The summed E-state index contributed by atoms with van der Waals surface area (Å²) >= 11 is 0. The Morgan fingerprint density at radius 3 is 2.67 bits per heavy atom. The van der Waals surface area contributed by atoms with Crippen LogP contribution in [-0.2, 0) is 0 Å². The van der Waals surface area contributed by atoms with Gasteiger partial charge in [0.2, 0.25) is 0 Å². The third-order valence-corrected chi connectivity index (χ3v) is 2.02. The van der Waals surface area contributed by atoms with E-state index in [4.69, 9.17) is 20.5 Å². The third kappa shape index (κ3) is 3.81. The van der Waals surface area contributed by atoms with Crippen molar-refractivity contribution in [2.75, 3.05) is 12.3 Å². The molecule has 0 aliphatic rings. The van der Waals surface area contributed by atoms with Crippen LogP contribution >= 0.6 is 0 Å². The van der Waals surface area contributed by atoms with Gasteiger partial charge >= 0.3 is 7.12 Å². The number of rotatable bonds is 5. The van der Waals surface area contributed by atoms with Crippen LogP contribution in [0, 0.1) is 0 Å². The van der Waals surface area contributed by atoms with Crippen LogP contribution in [0.3, 0.4) is 0 Å². The second-order valence-electron chi connectivity index (χ2n) is 3.41. The van der Waals surface area contributed by atoms with Gasteiger partial charge in [-0.05, 0) is 24.0 Å². The van der Waals surface area contributed by atoms with Gasteiger partial charge in [0.1, 0.15) is 5.75 Å². The van der Waals surface area contributed by atoms with Crippen molar-refractivity contribution in [3.8, 4) is 5.75 Å². The lowest BCUT2D eigenvalue weighted by Gasteiger charge is -2.08. The minimum atomic E-state index is -1.51. The Kier molecular flexibility index (Phi) is 4.46. The fourth-order valence-electron chi connectivity index (χ4n) is 1.21. The summed E-state index contributed by atoms with van der Waals surface area (Å²) in [6, 6.07) is 4.76. The third-order valence-electron chi connectivity index (χ3n) is 2.02. The van der Waals surface area contributed by atoms with E-state index in [0.29, 0.717) is 23.5 Å². The number of benzene rings is 1. The molecule has 0 spiro atoms. The number of anilines is 1. The number of hydrogen-bond acceptors (Lipinski definition) is 4. The monoisotopic (exact) mass is 209 g/mol. The van der Waals surface area contributed by atoms with Gasteiger partial charge in [-0.1, -0.05) is 13.3 Å². The maximum absolute atomic E-state index is 8.99. The molecule has 0 atom stereocenters. The van der Waals surface area contributed by atoms with Crippen molar-refractivity contribution in [1.82, 2.24) is 0 Å². The van der Waals surface area contributed by atoms with Crippen LogP contribution < -0.4 is 15.9 Å². The van der Waals surface area contributed by atoms with Crippen LogP contribution in [-0.4, -0.2) is 23.8 Å². The van der Waals surface area contributed by atoms with Crippen molar-refractivity contribution in [2.45, 2.75) is 19.8 Å². The Morgan fingerprint density at radius 2 is 2.07 bits per heavy atom. The molecule has 82 valence electrons. The van der Waals surface area contributed by atoms with Crippen LogP contribution in [0.5, 0.6) is 5.75 Å². The molecule has 0 aromatic heterocycles. The Labute approximate surface area is 89.8 Å². The summed E-state index contributed by atoms with van der Waals surface area (Å²) in [5, 5.41) is 18.0. The average molecular weight is 209 g/mol. The highest BCUT2D eigenvalue weighted by atomic mass is 16.5. The Bertz CT molecular complexity index is 318. The normalized spacial score (nSPS) is 10.1. The summed E-state index contributed by atoms with van der Waals surface area (Å²) < 4.78 is 5.42. The fraction of sp³-hybridized carbons (Fsp3) is 0.400. The SMILES string of the molecule is CCCCOc1cc(N)cc(B(O)O)c1. The van der Waals surface area contributed by atoms with E-state index in [0.717, 1.165) is 12.8 Å². The quantitative estimate of drug-likeness (QED) is 0.366. The average Bonchev–Trinajstić information content (AvgIpc) is 2.17. The second kappa shape index (κ2) is 5.63. The van der Waals surface area contributed by atoms with Crippen molar-refractivity contribution in [3.63, 3.8) is 0 Å². The van der Waals surface area contributed by atoms with E-state index in [2.05, 4.69) is 6.92 Å². The largest absolute Gasteiger partial charge is 0.494 e. The molecule has 0 bridgehead atoms. The number of ether oxygens (including phenoxy) is 1. The molecule has 0 aliphatic carbocycles. The highest BCUT2D eigenvalue weighted by Crippen LogP contribution is 2.13. The molecular weight excluding hydrogens is 193 g/mol. The lowest BCUT2D eigenvalue weighted by atomic mass is 9.80. The summed E-state index contributed by atoms with van der Waals surface area (Å²) in [6.45, 7) is 2.69. The Morgan fingerprint density at radius 1 is 1.33 bits per heavy atom. The highest BCUT2D eigenvalue weighted by molar-refractivity contribution is 6.58. The highest BCUT2D eigenvalue weighted by Gasteiger charge is 2.12. The van der Waals surface area contributed by atoms with E-state index < -0.39 is 7.12 Å². The summed E-state index contributed by atoms with van der Waals surface area (Å²) in [7, 11) is -1.51. The first-order chi connectivity index (χ1) is 7.13. The molecule has 0 heterocycles. The van der Waals surface area contributed by atoms with E-state index in [1.165, 1.54) is 6.07 Å². The van der Waals surface area contributed by atoms with Crippen LogP contribution in [0.4, 0.5) is 5.69 Å². The number of nitrogens with two attached hydrogens (primary N) is 1. The van der Waals surface area contributed by atoms with Crippen molar-refractivity contribution in [1.29, 1.82) is 0 Å². The van der Waals surface area contributed by atoms with Crippen LogP contribution in [0.2, 0.25) is 0 Å². The van der Waals surface area contributed by atoms with Gasteiger partial charge in [0.05, 0.1) is 6.61 Å². The molecule has 0 unspecified atom stereocenters.